The first kappa shape index (κ1) is 12.3. The highest BCUT2D eigenvalue weighted by Gasteiger charge is 2.12. The Balaban J connectivity index is 1.93. The normalized spacial score (nSPS) is 12.7. The van der Waals surface area contributed by atoms with E-state index >= 15 is 0 Å². The Morgan fingerprint density at radius 2 is 2.00 bits per heavy atom. The van der Waals surface area contributed by atoms with Crippen LogP contribution in [0.3, 0.4) is 0 Å². The second-order valence-corrected chi connectivity index (χ2v) is 5.98. The van der Waals surface area contributed by atoms with Crippen LogP contribution in [0, 0.1) is 6.92 Å². The predicted octanol–water partition coefficient (Wildman–Crippen LogP) is 3.88. The summed E-state index contributed by atoms with van der Waals surface area (Å²) in [5.74, 6) is 0. The topological polar surface area (TPSA) is 33.1 Å². The van der Waals surface area contributed by atoms with Gasteiger partial charge in [-0.15, -0.1) is 11.3 Å². The van der Waals surface area contributed by atoms with Crippen LogP contribution in [0.2, 0.25) is 0 Å². The van der Waals surface area contributed by atoms with Crippen molar-refractivity contribution in [2.75, 3.05) is 0 Å². The molecule has 1 atom stereocenters. The van der Waals surface area contributed by atoms with Crippen molar-refractivity contribution in [1.82, 2.24) is 4.98 Å². The molecule has 0 aliphatic rings. The molecule has 2 nitrogen and oxygen atoms in total. The molecule has 96 valence electrons. The van der Waals surface area contributed by atoms with Gasteiger partial charge in [0.15, 0.2) is 0 Å². The SMILES string of the molecule is Cc1ccc(C(O)Cc2ccnc3ccccc23)s1. The summed E-state index contributed by atoms with van der Waals surface area (Å²) in [5.41, 5.74) is 2.12. The summed E-state index contributed by atoms with van der Waals surface area (Å²) in [6, 6.07) is 14.1. The summed E-state index contributed by atoms with van der Waals surface area (Å²) in [5, 5.41) is 11.5. The van der Waals surface area contributed by atoms with Crippen LogP contribution in [0.15, 0.2) is 48.7 Å². The van der Waals surface area contributed by atoms with Crippen LogP contribution in [0.5, 0.6) is 0 Å². The average Bonchev–Trinajstić information content (AvgIpc) is 2.86. The lowest BCUT2D eigenvalue weighted by Gasteiger charge is -2.10. The van der Waals surface area contributed by atoms with Gasteiger partial charge in [0.2, 0.25) is 0 Å². The van der Waals surface area contributed by atoms with Crippen molar-refractivity contribution in [3.63, 3.8) is 0 Å². The van der Waals surface area contributed by atoms with Crippen molar-refractivity contribution < 1.29 is 5.11 Å². The van der Waals surface area contributed by atoms with Gasteiger partial charge in [-0.2, -0.15) is 0 Å². The Hall–Kier alpha value is -1.71. The van der Waals surface area contributed by atoms with Crippen LogP contribution in [0.25, 0.3) is 10.9 Å². The van der Waals surface area contributed by atoms with Gasteiger partial charge in [0.05, 0.1) is 11.6 Å². The number of hydrogen-bond donors (Lipinski definition) is 1. The summed E-state index contributed by atoms with van der Waals surface area (Å²) < 4.78 is 0. The lowest BCUT2D eigenvalue weighted by Crippen LogP contribution is -2.00. The lowest BCUT2D eigenvalue weighted by atomic mass is 10.0. The molecule has 0 amide bonds. The molecule has 0 spiro atoms. The Morgan fingerprint density at radius 3 is 2.79 bits per heavy atom. The van der Waals surface area contributed by atoms with Crippen molar-refractivity contribution in [3.05, 3.63) is 64.0 Å². The van der Waals surface area contributed by atoms with Gasteiger partial charge in [-0.1, -0.05) is 18.2 Å². The van der Waals surface area contributed by atoms with E-state index in [0.29, 0.717) is 6.42 Å². The van der Waals surface area contributed by atoms with Crippen LogP contribution in [-0.4, -0.2) is 10.1 Å². The third-order valence-electron chi connectivity index (χ3n) is 3.24. The highest BCUT2D eigenvalue weighted by Crippen LogP contribution is 2.27. The number of aliphatic hydroxyl groups excluding tert-OH is 1. The summed E-state index contributed by atoms with van der Waals surface area (Å²) in [7, 11) is 0. The molecular weight excluding hydrogens is 254 g/mol. The summed E-state index contributed by atoms with van der Waals surface area (Å²) >= 11 is 1.65. The van der Waals surface area contributed by atoms with E-state index in [4.69, 9.17) is 0 Å². The molecule has 19 heavy (non-hydrogen) atoms. The van der Waals surface area contributed by atoms with E-state index in [2.05, 4.69) is 18.0 Å². The minimum absolute atomic E-state index is 0.440. The summed E-state index contributed by atoms with van der Waals surface area (Å²) in [6.07, 6.45) is 2.00. The first-order chi connectivity index (χ1) is 9.24. The Bertz CT molecular complexity index is 699. The monoisotopic (exact) mass is 269 g/mol. The van der Waals surface area contributed by atoms with Crippen molar-refractivity contribution >= 4 is 22.2 Å². The molecule has 1 aromatic carbocycles. The van der Waals surface area contributed by atoms with Gasteiger partial charge in [0, 0.05) is 27.8 Å². The van der Waals surface area contributed by atoms with E-state index in [-0.39, 0.29) is 0 Å². The number of aromatic nitrogens is 1. The number of fused-ring (bicyclic) bond motifs is 1. The van der Waals surface area contributed by atoms with Gasteiger partial charge in [-0.3, -0.25) is 4.98 Å². The minimum atomic E-state index is -0.440. The number of pyridine rings is 1. The fourth-order valence-electron chi connectivity index (χ4n) is 2.27. The van der Waals surface area contributed by atoms with Gasteiger partial charge in [0.25, 0.3) is 0 Å². The molecule has 0 fully saturated rings. The number of para-hydroxylation sites is 1. The van der Waals surface area contributed by atoms with Gasteiger partial charge in [-0.25, -0.2) is 0 Å². The number of thiophene rings is 1. The second kappa shape index (κ2) is 5.11. The number of aliphatic hydroxyl groups is 1. The van der Waals surface area contributed by atoms with Crippen LogP contribution >= 0.6 is 11.3 Å². The predicted molar refractivity (Wildman–Crippen MR) is 79.5 cm³/mol. The highest BCUT2D eigenvalue weighted by molar-refractivity contribution is 7.12. The van der Waals surface area contributed by atoms with E-state index in [1.165, 1.54) is 4.88 Å². The molecule has 1 unspecified atom stereocenters. The van der Waals surface area contributed by atoms with Gasteiger partial charge < -0.3 is 5.11 Å². The van der Waals surface area contributed by atoms with Crippen LogP contribution in [0.4, 0.5) is 0 Å². The molecule has 0 bridgehead atoms. The zero-order valence-electron chi connectivity index (χ0n) is 10.7. The molecule has 2 aromatic heterocycles. The van der Waals surface area contributed by atoms with Crippen LogP contribution < -0.4 is 0 Å². The molecule has 0 saturated heterocycles. The van der Waals surface area contributed by atoms with Gasteiger partial charge >= 0.3 is 0 Å². The molecule has 2 heterocycles. The largest absolute Gasteiger partial charge is 0.387 e. The zero-order chi connectivity index (χ0) is 13.2. The molecule has 0 aliphatic carbocycles. The van der Waals surface area contributed by atoms with Gasteiger partial charge in [-0.05, 0) is 36.8 Å². The first-order valence-electron chi connectivity index (χ1n) is 6.31. The maximum absolute atomic E-state index is 10.3. The molecule has 0 aliphatic heterocycles. The number of hydrogen-bond acceptors (Lipinski definition) is 3. The summed E-state index contributed by atoms with van der Waals surface area (Å²) in [6.45, 7) is 2.06. The van der Waals surface area contributed by atoms with E-state index in [1.54, 1.807) is 11.3 Å². The number of benzene rings is 1. The molecular formula is C16H15NOS. The molecule has 3 aromatic rings. The quantitative estimate of drug-likeness (QED) is 0.782. The smallest absolute Gasteiger partial charge is 0.0922 e. The van der Waals surface area contributed by atoms with E-state index in [0.717, 1.165) is 21.3 Å². The number of nitrogens with zero attached hydrogens (tertiary/aromatic N) is 1. The van der Waals surface area contributed by atoms with Crippen LogP contribution in [-0.2, 0) is 6.42 Å². The molecule has 3 heteroatoms. The average molecular weight is 269 g/mol. The second-order valence-electron chi connectivity index (χ2n) is 4.66. The van der Waals surface area contributed by atoms with Crippen molar-refractivity contribution in [3.8, 4) is 0 Å². The number of rotatable bonds is 3. The number of aryl methyl sites for hydroxylation is 1. The van der Waals surface area contributed by atoms with Crippen LogP contribution in [0.1, 0.15) is 21.4 Å². The molecule has 3 rings (SSSR count). The Labute approximate surface area is 116 Å². The van der Waals surface area contributed by atoms with Crippen molar-refractivity contribution in [2.24, 2.45) is 0 Å². The molecule has 0 saturated carbocycles. The van der Waals surface area contributed by atoms with Crippen molar-refractivity contribution in [2.45, 2.75) is 19.4 Å². The molecule has 0 radical (unpaired) electrons. The van der Waals surface area contributed by atoms with E-state index in [1.807, 2.05) is 42.6 Å². The standard InChI is InChI=1S/C16H15NOS/c1-11-6-7-16(19-11)15(18)10-12-8-9-17-14-5-3-2-4-13(12)14/h2-9,15,18H,10H2,1H3. The van der Waals surface area contributed by atoms with E-state index < -0.39 is 6.10 Å². The highest BCUT2D eigenvalue weighted by atomic mass is 32.1. The maximum Gasteiger partial charge on any atom is 0.0922 e. The van der Waals surface area contributed by atoms with Gasteiger partial charge in [0.1, 0.15) is 0 Å². The zero-order valence-corrected chi connectivity index (χ0v) is 11.5. The Kier molecular flexibility index (Phi) is 3.32. The fraction of sp³-hybridized carbons (Fsp3) is 0.188. The lowest BCUT2D eigenvalue weighted by molar-refractivity contribution is 0.182. The molecule has 1 N–H and O–H groups in total. The van der Waals surface area contributed by atoms with Crippen molar-refractivity contribution in [1.29, 1.82) is 0 Å². The third kappa shape index (κ3) is 2.53. The minimum Gasteiger partial charge on any atom is -0.387 e. The summed E-state index contributed by atoms with van der Waals surface area (Å²) in [4.78, 5) is 6.60. The first-order valence-corrected chi connectivity index (χ1v) is 7.13. The Morgan fingerprint density at radius 1 is 1.16 bits per heavy atom. The van der Waals surface area contributed by atoms with E-state index in [9.17, 15) is 5.11 Å². The third-order valence-corrected chi connectivity index (χ3v) is 4.34. The fourth-order valence-corrected chi connectivity index (χ4v) is 3.14. The maximum atomic E-state index is 10.3.